The Kier molecular flexibility index (Phi) is 4.06. The van der Waals surface area contributed by atoms with Crippen LogP contribution in [0.1, 0.15) is 35.7 Å². The summed E-state index contributed by atoms with van der Waals surface area (Å²) in [4.78, 5) is 22.8. The van der Waals surface area contributed by atoms with E-state index in [1.54, 1.807) is 24.3 Å². The predicted molar refractivity (Wildman–Crippen MR) is 92.8 cm³/mol. The lowest BCUT2D eigenvalue weighted by Gasteiger charge is -2.18. The van der Waals surface area contributed by atoms with Gasteiger partial charge in [0, 0.05) is 30.7 Å². The van der Waals surface area contributed by atoms with E-state index < -0.39 is 0 Å². The summed E-state index contributed by atoms with van der Waals surface area (Å²) in [5.41, 5.74) is 4.30. The average molecular weight is 305 g/mol. The number of carbonyl (C=O) groups excluding carboxylic acids is 1. The molecule has 0 radical (unpaired) electrons. The van der Waals surface area contributed by atoms with Crippen molar-refractivity contribution in [3.05, 3.63) is 66.0 Å². The monoisotopic (exact) mass is 305 g/mol. The van der Waals surface area contributed by atoms with Gasteiger partial charge < -0.3 is 4.90 Å². The maximum atomic E-state index is 12.7. The second-order valence-electron chi connectivity index (χ2n) is 5.87. The van der Waals surface area contributed by atoms with E-state index in [9.17, 15) is 4.79 Å². The highest BCUT2D eigenvalue weighted by Crippen LogP contribution is 2.21. The number of hydrogen-bond acceptors (Lipinski definition) is 3. The molecule has 0 fully saturated rings. The standard InChI is InChI=1S/C19H19N3O/c1-13(2)14-4-6-15(7-5-14)19(23)22(3)16-8-9-17-18(12-16)21-11-10-20-17/h4-13H,1-3H3. The largest absolute Gasteiger partial charge is 0.311 e. The van der Waals surface area contributed by atoms with Crippen LogP contribution in [0, 0.1) is 0 Å². The highest BCUT2D eigenvalue weighted by molar-refractivity contribution is 6.06. The summed E-state index contributed by atoms with van der Waals surface area (Å²) < 4.78 is 0. The number of anilines is 1. The molecule has 0 spiro atoms. The van der Waals surface area contributed by atoms with Crippen molar-refractivity contribution in [3.63, 3.8) is 0 Å². The Morgan fingerprint density at radius 3 is 2.26 bits per heavy atom. The zero-order valence-corrected chi connectivity index (χ0v) is 13.5. The minimum absolute atomic E-state index is 0.0384. The van der Waals surface area contributed by atoms with Crippen molar-refractivity contribution in [2.75, 3.05) is 11.9 Å². The van der Waals surface area contributed by atoms with Crippen LogP contribution in [0.25, 0.3) is 11.0 Å². The van der Waals surface area contributed by atoms with Gasteiger partial charge in [-0.15, -0.1) is 0 Å². The van der Waals surface area contributed by atoms with Crippen molar-refractivity contribution >= 4 is 22.6 Å². The fourth-order valence-electron chi connectivity index (χ4n) is 2.48. The Bertz CT molecular complexity index is 841. The van der Waals surface area contributed by atoms with E-state index >= 15 is 0 Å². The predicted octanol–water partition coefficient (Wildman–Crippen LogP) is 4.03. The number of carbonyl (C=O) groups is 1. The summed E-state index contributed by atoms with van der Waals surface area (Å²) in [5, 5.41) is 0. The summed E-state index contributed by atoms with van der Waals surface area (Å²) in [6.45, 7) is 4.28. The fourth-order valence-corrected chi connectivity index (χ4v) is 2.48. The Morgan fingerprint density at radius 2 is 1.61 bits per heavy atom. The van der Waals surface area contributed by atoms with E-state index in [4.69, 9.17) is 0 Å². The van der Waals surface area contributed by atoms with Crippen molar-refractivity contribution in [2.45, 2.75) is 19.8 Å². The van der Waals surface area contributed by atoms with Gasteiger partial charge in [0.05, 0.1) is 11.0 Å². The number of fused-ring (bicyclic) bond motifs is 1. The lowest BCUT2D eigenvalue weighted by molar-refractivity contribution is 0.0993. The first kappa shape index (κ1) is 15.2. The molecule has 0 aliphatic carbocycles. The molecule has 0 N–H and O–H groups in total. The maximum Gasteiger partial charge on any atom is 0.258 e. The van der Waals surface area contributed by atoms with Gasteiger partial charge in [-0.3, -0.25) is 14.8 Å². The van der Waals surface area contributed by atoms with Crippen LogP contribution in [-0.4, -0.2) is 22.9 Å². The lowest BCUT2D eigenvalue weighted by atomic mass is 10.0. The van der Waals surface area contributed by atoms with E-state index in [1.807, 2.05) is 42.5 Å². The van der Waals surface area contributed by atoms with Crippen LogP contribution in [0.3, 0.4) is 0 Å². The molecule has 0 bridgehead atoms. The van der Waals surface area contributed by atoms with Crippen LogP contribution in [-0.2, 0) is 0 Å². The molecular weight excluding hydrogens is 286 g/mol. The van der Waals surface area contributed by atoms with Gasteiger partial charge in [0.2, 0.25) is 0 Å². The van der Waals surface area contributed by atoms with Gasteiger partial charge in [-0.2, -0.15) is 0 Å². The summed E-state index contributed by atoms with van der Waals surface area (Å²) in [6.07, 6.45) is 3.31. The maximum absolute atomic E-state index is 12.7. The zero-order valence-electron chi connectivity index (χ0n) is 13.5. The van der Waals surface area contributed by atoms with Gasteiger partial charge in [0.15, 0.2) is 0 Å². The second-order valence-corrected chi connectivity index (χ2v) is 5.87. The SMILES string of the molecule is CC(C)c1ccc(C(=O)N(C)c2ccc3nccnc3c2)cc1. The number of amides is 1. The van der Waals surface area contributed by atoms with Crippen LogP contribution in [0.15, 0.2) is 54.9 Å². The molecule has 0 atom stereocenters. The molecule has 0 aliphatic rings. The minimum atomic E-state index is -0.0384. The van der Waals surface area contributed by atoms with Crippen molar-refractivity contribution in [2.24, 2.45) is 0 Å². The Hall–Kier alpha value is -2.75. The Morgan fingerprint density at radius 1 is 0.957 bits per heavy atom. The summed E-state index contributed by atoms with van der Waals surface area (Å²) >= 11 is 0. The molecular formula is C19H19N3O. The fraction of sp³-hybridized carbons (Fsp3) is 0.211. The lowest BCUT2D eigenvalue weighted by Crippen LogP contribution is -2.26. The smallest absolute Gasteiger partial charge is 0.258 e. The molecule has 4 heteroatoms. The van der Waals surface area contributed by atoms with Crippen LogP contribution in [0.5, 0.6) is 0 Å². The normalized spacial score (nSPS) is 11.0. The van der Waals surface area contributed by atoms with Gasteiger partial charge in [0.1, 0.15) is 0 Å². The molecule has 116 valence electrons. The summed E-state index contributed by atoms with van der Waals surface area (Å²) in [5.74, 6) is 0.416. The molecule has 2 aromatic carbocycles. The molecule has 1 aromatic heterocycles. The Labute approximate surface area is 135 Å². The quantitative estimate of drug-likeness (QED) is 0.734. The molecule has 0 unspecified atom stereocenters. The first-order chi connectivity index (χ1) is 11.1. The van der Waals surface area contributed by atoms with Gasteiger partial charge in [-0.05, 0) is 41.8 Å². The molecule has 3 rings (SSSR count). The molecule has 0 saturated carbocycles. The third-order valence-corrected chi connectivity index (χ3v) is 3.97. The van der Waals surface area contributed by atoms with E-state index in [1.165, 1.54) is 5.56 Å². The van der Waals surface area contributed by atoms with E-state index in [-0.39, 0.29) is 5.91 Å². The van der Waals surface area contributed by atoms with Gasteiger partial charge in [-0.1, -0.05) is 26.0 Å². The average Bonchev–Trinajstić information content (AvgIpc) is 2.60. The minimum Gasteiger partial charge on any atom is -0.311 e. The van der Waals surface area contributed by atoms with Crippen molar-refractivity contribution < 1.29 is 4.79 Å². The molecule has 0 aliphatic heterocycles. The number of benzene rings is 2. The molecule has 1 heterocycles. The first-order valence-electron chi connectivity index (χ1n) is 7.65. The molecule has 1 amide bonds. The van der Waals surface area contributed by atoms with Crippen LogP contribution < -0.4 is 4.90 Å². The van der Waals surface area contributed by atoms with E-state index in [2.05, 4.69) is 23.8 Å². The highest BCUT2D eigenvalue weighted by atomic mass is 16.2. The van der Waals surface area contributed by atoms with Crippen molar-refractivity contribution in [1.82, 2.24) is 9.97 Å². The molecule has 3 aromatic rings. The second kappa shape index (κ2) is 6.16. The third kappa shape index (κ3) is 3.06. The van der Waals surface area contributed by atoms with E-state index in [0.717, 1.165) is 16.7 Å². The number of nitrogens with zero attached hydrogens (tertiary/aromatic N) is 3. The van der Waals surface area contributed by atoms with Gasteiger partial charge in [-0.25, -0.2) is 0 Å². The molecule has 0 saturated heterocycles. The molecule has 23 heavy (non-hydrogen) atoms. The number of aromatic nitrogens is 2. The Balaban J connectivity index is 1.88. The van der Waals surface area contributed by atoms with Crippen LogP contribution in [0.4, 0.5) is 5.69 Å². The van der Waals surface area contributed by atoms with Gasteiger partial charge >= 0.3 is 0 Å². The van der Waals surface area contributed by atoms with Crippen LogP contribution >= 0.6 is 0 Å². The highest BCUT2D eigenvalue weighted by Gasteiger charge is 2.14. The summed E-state index contributed by atoms with van der Waals surface area (Å²) in [7, 11) is 1.77. The van der Waals surface area contributed by atoms with Crippen LogP contribution in [0.2, 0.25) is 0 Å². The summed E-state index contributed by atoms with van der Waals surface area (Å²) in [6, 6.07) is 13.4. The molecule has 4 nitrogen and oxygen atoms in total. The van der Waals surface area contributed by atoms with E-state index in [0.29, 0.717) is 11.5 Å². The first-order valence-corrected chi connectivity index (χ1v) is 7.65. The number of rotatable bonds is 3. The van der Waals surface area contributed by atoms with Crippen molar-refractivity contribution in [1.29, 1.82) is 0 Å². The zero-order chi connectivity index (χ0) is 16.4. The third-order valence-electron chi connectivity index (χ3n) is 3.97. The van der Waals surface area contributed by atoms with Crippen molar-refractivity contribution in [3.8, 4) is 0 Å². The number of hydrogen-bond donors (Lipinski definition) is 0. The topological polar surface area (TPSA) is 46.1 Å². The van der Waals surface area contributed by atoms with Gasteiger partial charge in [0.25, 0.3) is 5.91 Å².